The molecule has 4 nitrogen and oxygen atoms in total. The van der Waals surface area contributed by atoms with Crippen LogP contribution in [0.3, 0.4) is 0 Å². The number of sulfonamides is 1. The fourth-order valence-corrected chi connectivity index (χ4v) is 3.55. The quantitative estimate of drug-likeness (QED) is 0.802. The number of hydrogen-bond acceptors (Lipinski definition) is 3. The number of rotatable bonds is 7. The Labute approximate surface area is 151 Å². The van der Waals surface area contributed by atoms with Crippen LogP contribution >= 0.6 is 0 Å². The molecule has 2 aromatic carbocycles. The highest BCUT2D eigenvalue weighted by Gasteiger charge is 2.23. The molecule has 0 fully saturated rings. The van der Waals surface area contributed by atoms with Gasteiger partial charge in [0.1, 0.15) is 10.6 Å². The van der Waals surface area contributed by atoms with Crippen LogP contribution < -0.4 is 9.46 Å². The van der Waals surface area contributed by atoms with Gasteiger partial charge in [-0.25, -0.2) is 13.1 Å². The molecule has 0 amide bonds. The maximum Gasteiger partial charge on any atom is 0.244 e. The maximum atomic E-state index is 12.9. The third-order valence-corrected chi connectivity index (χ3v) is 5.29. The first kappa shape index (κ1) is 19.5. The minimum atomic E-state index is -3.68. The van der Waals surface area contributed by atoms with Crippen molar-refractivity contribution in [2.45, 2.75) is 51.0 Å². The standard InChI is InChI=1S/C20H27NO3S/c1-5-13-24-18-12-11-17(20(2,3)4)14-19(18)25(22,23)21-15-16-9-7-6-8-10-16/h6-12,14,21H,5,13,15H2,1-4H3. The van der Waals surface area contributed by atoms with Gasteiger partial charge in [-0.05, 0) is 35.1 Å². The van der Waals surface area contributed by atoms with Crippen LogP contribution in [0.15, 0.2) is 53.4 Å². The van der Waals surface area contributed by atoms with E-state index in [0.29, 0.717) is 12.4 Å². The molecule has 25 heavy (non-hydrogen) atoms. The Morgan fingerprint density at radius 1 is 1.04 bits per heavy atom. The molecule has 0 aliphatic heterocycles. The normalized spacial score (nSPS) is 12.2. The third-order valence-electron chi connectivity index (χ3n) is 3.87. The van der Waals surface area contributed by atoms with Crippen molar-refractivity contribution in [3.05, 3.63) is 59.7 Å². The van der Waals surface area contributed by atoms with Crippen molar-refractivity contribution in [2.75, 3.05) is 6.61 Å². The Morgan fingerprint density at radius 3 is 2.32 bits per heavy atom. The summed E-state index contributed by atoms with van der Waals surface area (Å²) in [6.45, 7) is 8.89. The van der Waals surface area contributed by atoms with Gasteiger partial charge in [0.15, 0.2) is 0 Å². The van der Waals surface area contributed by atoms with Gasteiger partial charge in [-0.2, -0.15) is 0 Å². The predicted molar refractivity (Wildman–Crippen MR) is 101 cm³/mol. The average molecular weight is 362 g/mol. The summed E-state index contributed by atoms with van der Waals surface area (Å²) >= 11 is 0. The fourth-order valence-electron chi connectivity index (χ4n) is 2.37. The summed E-state index contributed by atoms with van der Waals surface area (Å²) < 4.78 is 34.1. The second-order valence-electron chi connectivity index (χ2n) is 7.07. The highest BCUT2D eigenvalue weighted by molar-refractivity contribution is 7.89. The Morgan fingerprint density at radius 2 is 1.72 bits per heavy atom. The average Bonchev–Trinajstić information content (AvgIpc) is 2.58. The molecule has 0 aromatic heterocycles. The van der Waals surface area contributed by atoms with Crippen molar-refractivity contribution in [3.63, 3.8) is 0 Å². The smallest absolute Gasteiger partial charge is 0.244 e. The van der Waals surface area contributed by atoms with Gasteiger partial charge < -0.3 is 4.74 Å². The van der Waals surface area contributed by atoms with Gasteiger partial charge in [0, 0.05) is 6.54 Å². The van der Waals surface area contributed by atoms with E-state index < -0.39 is 10.0 Å². The van der Waals surface area contributed by atoms with Gasteiger partial charge in [0.25, 0.3) is 0 Å². The van der Waals surface area contributed by atoms with Crippen LogP contribution in [0.4, 0.5) is 0 Å². The molecule has 0 atom stereocenters. The lowest BCUT2D eigenvalue weighted by atomic mass is 9.87. The molecule has 0 aliphatic carbocycles. The first-order chi connectivity index (χ1) is 11.7. The van der Waals surface area contributed by atoms with Crippen LogP contribution in [0.5, 0.6) is 5.75 Å². The molecule has 2 rings (SSSR count). The zero-order chi connectivity index (χ0) is 18.5. The van der Waals surface area contributed by atoms with E-state index in [2.05, 4.69) is 25.5 Å². The number of nitrogens with one attached hydrogen (secondary N) is 1. The van der Waals surface area contributed by atoms with E-state index in [-0.39, 0.29) is 16.9 Å². The van der Waals surface area contributed by atoms with Crippen LogP contribution in [-0.4, -0.2) is 15.0 Å². The number of hydrogen-bond donors (Lipinski definition) is 1. The molecule has 2 aromatic rings. The maximum absolute atomic E-state index is 12.9. The first-order valence-electron chi connectivity index (χ1n) is 8.55. The SMILES string of the molecule is CCCOc1ccc(C(C)(C)C)cc1S(=O)(=O)NCc1ccccc1. The Kier molecular flexibility index (Phi) is 6.25. The van der Waals surface area contributed by atoms with Crippen molar-refractivity contribution >= 4 is 10.0 Å². The lowest BCUT2D eigenvalue weighted by Gasteiger charge is -2.21. The van der Waals surface area contributed by atoms with Crippen molar-refractivity contribution in [1.29, 1.82) is 0 Å². The monoisotopic (exact) mass is 361 g/mol. The van der Waals surface area contributed by atoms with Crippen LogP contribution in [0.25, 0.3) is 0 Å². The minimum absolute atomic E-state index is 0.146. The second kappa shape index (κ2) is 8.02. The predicted octanol–water partition coefficient (Wildman–Crippen LogP) is 4.25. The van der Waals surface area contributed by atoms with E-state index in [1.54, 1.807) is 12.1 Å². The van der Waals surface area contributed by atoms with Crippen LogP contribution in [0.2, 0.25) is 0 Å². The molecule has 0 unspecified atom stereocenters. The molecule has 0 spiro atoms. The lowest BCUT2D eigenvalue weighted by Crippen LogP contribution is -2.24. The zero-order valence-corrected chi connectivity index (χ0v) is 16.2. The van der Waals surface area contributed by atoms with Gasteiger partial charge >= 0.3 is 0 Å². The van der Waals surface area contributed by atoms with Gasteiger partial charge in [0.2, 0.25) is 10.0 Å². The van der Waals surface area contributed by atoms with Gasteiger partial charge in [-0.1, -0.05) is 64.1 Å². The molecule has 5 heteroatoms. The summed E-state index contributed by atoms with van der Waals surface area (Å²) in [6.07, 6.45) is 0.817. The number of ether oxygens (including phenoxy) is 1. The first-order valence-corrected chi connectivity index (χ1v) is 10.0. The summed E-state index contributed by atoms with van der Waals surface area (Å²) in [7, 11) is -3.68. The molecular formula is C20H27NO3S. The fraction of sp³-hybridized carbons (Fsp3) is 0.400. The second-order valence-corrected chi connectivity index (χ2v) is 8.81. The van der Waals surface area contributed by atoms with E-state index in [1.165, 1.54) is 0 Å². The summed E-state index contributed by atoms with van der Waals surface area (Å²) in [5.41, 5.74) is 1.72. The van der Waals surface area contributed by atoms with E-state index >= 15 is 0 Å². The summed E-state index contributed by atoms with van der Waals surface area (Å²) in [6, 6.07) is 14.9. The molecule has 136 valence electrons. The highest BCUT2D eigenvalue weighted by Crippen LogP contribution is 2.31. The zero-order valence-electron chi connectivity index (χ0n) is 15.4. The third kappa shape index (κ3) is 5.31. The minimum Gasteiger partial charge on any atom is -0.492 e. The van der Waals surface area contributed by atoms with E-state index in [9.17, 15) is 8.42 Å². The van der Waals surface area contributed by atoms with Crippen LogP contribution in [-0.2, 0) is 22.0 Å². The van der Waals surface area contributed by atoms with Crippen molar-refractivity contribution in [3.8, 4) is 5.75 Å². The van der Waals surface area contributed by atoms with Crippen LogP contribution in [0.1, 0.15) is 45.2 Å². The molecule has 0 heterocycles. The number of benzene rings is 2. The Bertz CT molecular complexity index is 793. The Balaban J connectivity index is 2.35. The Hall–Kier alpha value is -1.85. The summed E-state index contributed by atoms with van der Waals surface area (Å²) in [4.78, 5) is 0.198. The molecule has 0 saturated heterocycles. The molecule has 0 saturated carbocycles. The molecule has 1 N–H and O–H groups in total. The lowest BCUT2D eigenvalue weighted by molar-refractivity contribution is 0.308. The molecule has 0 radical (unpaired) electrons. The van der Waals surface area contributed by atoms with Gasteiger partial charge in [0.05, 0.1) is 6.61 Å². The largest absolute Gasteiger partial charge is 0.492 e. The van der Waals surface area contributed by atoms with Crippen LogP contribution in [0, 0.1) is 0 Å². The van der Waals surface area contributed by atoms with E-state index in [0.717, 1.165) is 17.5 Å². The summed E-state index contributed by atoms with van der Waals surface area (Å²) in [5.74, 6) is 0.399. The van der Waals surface area contributed by atoms with E-state index in [1.807, 2.05) is 43.3 Å². The molecule has 0 aliphatic rings. The van der Waals surface area contributed by atoms with Gasteiger partial charge in [-0.3, -0.25) is 0 Å². The van der Waals surface area contributed by atoms with E-state index in [4.69, 9.17) is 4.74 Å². The van der Waals surface area contributed by atoms with Crippen molar-refractivity contribution in [2.24, 2.45) is 0 Å². The molecular weight excluding hydrogens is 334 g/mol. The topological polar surface area (TPSA) is 55.4 Å². The van der Waals surface area contributed by atoms with Crippen molar-refractivity contribution in [1.82, 2.24) is 4.72 Å². The summed E-state index contributed by atoms with van der Waals surface area (Å²) in [5, 5.41) is 0. The van der Waals surface area contributed by atoms with Gasteiger partial charge in [-0.15, -0.1) is 0 Å². The molecule has 0 bridgehead atoms. The van der Waals surface area contributed by atoms with Crippen molar-refractivity contribution < 1.29 is 13.2 Å². The highest BCUT2D eigenvalue weighted by atomic mass is 32.2.